The summed E-state index contributed by atoms with van der Waals surface area (Å²) in [5.41, 5.74) is 1.51. The Bertz CT molecular complexity index is 676. The summed E-state index contributed by atoms with van der Waals surface area (Å²) < 4.78 is 10.9. The maximum atomic E-state index is 5.80. The first kappa shape index (κ1) is 15.9. The summed E-state index contributed by atoms with van der Waals surface area (Å²) in [6.07, 6.45) is 1.81. The van der Waals surface area contributed by atoms with Crippen LogP contribution in [0, 0.1) is 6.92 Å². The number of benzene rings is 1. The molecule has 0 saturated carbocycles. The second kappa shape index (κ2) is 6.56. The zero-order valence-corrected chi connectivity index (χ0v) is 13.6. The standard InChI is InChI=1S/C17H21N3O2/c1-12-10-15(21-5)20-16(19-12)22-14-9-7-6-8-13(14)11-18-17(2,3)4/h6-11H,1-5H3. The molecule has 0 N–H and O–H groups in total. The van der Waals surface area contributed by atoms with Crippen LogP contribution in [0.1, 0.15) is 32.0 Å². The average Bonchev–Trinajstić information content (AvgIpc) is 2.45. The van der Waals surface area contributed by atoms with Gasteiger partial charge in [-0.1, -0.05) is 12.1 Å². The SMILES string of the molecule is COc1cc(C)nc(Oc2ccccc2C=NC(C)(C)C)n1. The smallest absolute Gasteiger partial charge is 0.325 e. The number of aromatic nitrogens is 2. The highest BCUT2D eigenvalue weighted by Gasteiger charge is 2.09. The molecule has 2 aromatic rings. The number of aryl methyl sites for hydroxylation is 1. The van der Waals surface area contributed by atoms with E-state index < -0.39 is 0 Å². The summed E-state index contributed by atoms with van der Waals surface area (Å²) in [5.74, 6) is 1.13. The van der Waals surface area contributed by atoms with Gasteiger partial charge in [-0.3, -0.25) is 4.99 Å². The lowest BCUT2D eigenvalue weighted by molar-refractivity contribution is 0.375. The van der Waals surface area contributed by atoms with Gasteiger partial charge in [0, 0.05) is 23.5 Å². The van der Waals surface area contributed by atoms with E-state index in [0.717, 1.165) is 11.3 Å². The Kier molecular flexibility index (Phi) is 4.75. The van der Waals surface area contributed by atoms with Crippen LogP contribution in [0.15, 0.2) is 35.3 Å². The molecule has 1 aromatic heterocycles. The quantitative estimate of drug-likeness (QED) is 0.806. The van der Waals surface area contributed by atoms with E-state index in [0.29, 0.717) is 11.6 Å². The van der Waals surface area contributed by atoms with Gasteiger partial charge >= 0.3 is 6.01 Å². The molecule has 0 spiro atoms. The monoisotopic (exact) mass is 299 g/mol. The molecule has 0 unspecified atom stereocenters. The van der Waals surface area contributed by atoms with Crippen molar-refractivity contribution >= 4 is 6.21 Å². The molecule has 0 saturated heterocycles. The fourth-order valence-corrected chi connectivity index (χ4v) is 1.71. The predicted octanol–water partition coefficient (Wildman–Crippen LogP) is 3.80. The molecule has 0 aliphatic carbocycles. The molecule has 0 atom stereocenters. The summed E-state index contributed by atoms with van der Waals surface area (Å²) in [6, 6.07) is 9.65. The summed E-state index contributed by atoms with van der Waals surface area (Å²) >= 11 is 0. The van der Waals surface area contributed by atoms with Crippen molar-refractivity contribution in [2.45, 2.75) is 33.2 Å². The Labute approximate surface area is 131 Å². The Morgan fingerprint density at radius 1 is 1.14 bits per heavy atom. The molecule has 0 fully saturated rings. The number of rotatable bonds is 4. The molecule has 2 rings (SSSR count). The molecule has 0 bridgehead atoms. The van der Waals surface area contributed by atoms with Crippen LogP contribution in [0.5, 0.6) is 17.6 Å². The lowest BCUT2D eigenvalue weighted by atomic mass is 10.1. The van der Waals surface area contributed by atoms with Crippen molar-refractivity contribution in [2.24, 2.45) is 4.99 Å². The number of hydrogen-bond donors (Lipinski definition) is 0. The van der Waals surface area contributed by atoms with Crippen LogP contribution in [0.25, 0.3) is 0 Å². The van der Waals surface area contributed by atoms with Gasteiger partial charge in [0.2, 0.25) is 5.88 Å². The second-order valence-electron chi connectivity index (χ2n) is 5.90. The van der Waals surface area contributed by atoms with E-state index in [1.54, 1.807) is 13.2 Å². The second-order valence-corrected chi connectivity index (χ2v) is 5.90. The first-order valence-electron chi connectivity index (χ1n) is 7.09. The summed E-state index contributed by atoms with van der Waals surface area (Å²) in [5, 5.41) is 0. The van der Waals surface area contributed by atoms with Crippen molar-refractivity contribution in [3.63, 3.8) is 0 Å². The zero-order valence-electron chi connectivity index (χ0n) is 13.6. The van der Waals surface area contributed by atoms with Gasteiger partial charge in [0.15, 0.2) is 0 Å². The van der Waals surface area contributed by atoms with Crippen molar-refractivity contribution in [3.05, 3.63) is 41.6 Å². The maximum absolute atomic E-state index is 5.80. The van der Waals surface area contributed by atoms with Gasteiger partial charge in [-0.2, -0.15) is 9.97 Å². The summed E-state index contributed by atoms with van der Waals surface area (Å²) in [6.45, 7) is 7.99. The Hall–Kier alpha value is -2.43. The molecule has 1 heterocycles. The topological polar surface area (TPSA) is 56.6 Å². The zero-order chi connectivity index (χ0) is 16.2. The van der Waals surface area contributed by atoms with E-state index in [4.69, 9.17) is 9.47 Å². The highest BCUT2D eigenvalue weighted by atomic mass is 16.5. The minimum Gasteiger partial charge on any atom is -0.481 e. The lowest BCUT2D eigenvalue weighted by Crippen LogP contribution is -2.09. The number of methoxy groups -OCH3 is 1. The number of ether oxygens (including phenoxy) is 2. The van der Waals surface area contributed by atoms with Crippen LogP contribution >= 0.6 is 0 Å². The van der Waals surface area contributed by atoms with Gasteiger partial charge in [0.25, 0.3) is 0 Å². The lowest BCUT2D eigenvalue weighted by Gasteiger charge is -2.12. The average molecular weight is 299 g/mol. The van der Waals surface area contributed by atoms with Crippen LogP contribution in [0.3, 0.4) is 0 Å². The van der Waals surface area contributed by atoms with Gasteiger partial charge < -0.3 is 9.47 Å². The third-order valence-corrected chi connectivity index (χ3v) is 2.73. The van der Waals surface area contributed by atoms with Crippen LogP contribution in [-0.4, -0.2) is 28.8 Å². The van der Waals surface area contributed by atoms with E-state index in [1.165, 1.54) is 0 Å². The van der Waals surface area contributed by atoms with Crippen molar-refractivity contribution in [2.75, 3.05) is 7.11 Å². The third kappa shape index (κ3) is 4.55. The Morgan fingerprint density at radius 2 is 1.86 bits per heavy atom. The van der Waals surface area contributed by atoms with Gasteiger partial charge in [-0.25, -0.2) is 0 Å². The van der Waals surface area contributed by atoms with E-state index in [1.807, 2.05) is 58.2 Å². The number of para-hydroxylation sites is 1. The van der Waals surface area contributed by atoms with Crippen LogP contribution in [0.2, 0.25) is 0 Å². The molecule has 0 radical (unpaired) electrons. The van der Waals surface area contributed by atoms with Gasteiger partial charge in [-0.15, -0.1) is 0 Å². The maximum Gasteiger partial charge on any atom is 0.325 e. The largest absolute Gasteiger partial charge is 0.481 e. The highest BCUT2D eigenvalue weighted by Crippen LogP contribution is 2.24. The molecule has 5 nitrogen and oxygen atoms in total. The highest BCUT2D eigenvalue weighted by molar-refractivity contribution is 5.83. The van der Waals surface area contributed by atoms with Crippen LogP contribution < -0.4 is 9.47 Å². The predicted molar refractivity (Wildman–Crippen MR) is 87.2 cm³/mol. The van der Waals surface area contributed by atoms with E-state index in [2.05, 4.69) is 15.0 Å². The first-order chi connectivity index (χ1) is 10.4. The molecular weight excluding hydrogens is 278 g/mol. The van der Waals surface area contributed by atoms with Crippen molar-refractivity contribution in [1.82, 2.24) is 9.97 Å². The first-order valence-corrected chi connectivity index (χ1v) is 7.09. The van der Waals surface area contributed by atoms with Crippen molar-refractivity contribution in [3.8, 4) is 17.6 Å². The fraction of sp³-hybridized carbons (Fsp3) is 0.353. The van der Waals surface area contributed by atoms with Crippen molar-refractivity contribution < 1.29 is 9.47 Å². The molecule has 0 amide bonds. The summed E-state index contributed by atoms with van der Waals surface area (Å²) in [7, 11) is 1.56. The third-order valence-electron chi connectivity index (χ3n) is 2.73. The minimum atomic E-state index is -0.143. The van der Waals surface area contributed by atoms with Crippen molar-refractivity contribution in [1.29, 1.82) is 0 Å². The normalized spacial score (nSPS) is 11.7. The number of nitrogens with zero attached hydrogens (tertiary/aromatic N) is 3. The summed E-state index contributed by atoms with van der Waals surface area (Å²) in [4.78, 5) is 13.0. The van der Waals surface area contributed by atoms with Crippen LogP contribution in [-0.2, 0) is 0 Å². The molecule has 22 heavy (non-hydrogen) atoms. The fourth-order valence-electron chi connectivity index (χ4n) is 1.71. The van der Waals surface area contributed by atoms with Crippen LogP contribution in [0.4, 0.5) is 0 Å². The van der Waals surface area contributed by atoms with Gasteiger partial charge in [0.1, 0.15) is 5.75 Å². The number of hydrogen-bond acceptors (Lipinski definition) is 5. The molecule has 0 aliphatic rings. The molecular formula is C17H21N3O2. The van der Waals surface area contributed by atoms with E-state index in [-0.39, 0.29) is 11.5 Å². The van der Waals surface area contributed by atoms with E-state index in [9.17, 15) is 0 Å². The minimum absolute atomic E-state index is 0.143. The molecule has 0 aliphatic heterocycles. The molecule has 1 aromatic carbocycles. The Morgan fingerprint density at radius 3 is 2.55 bits per heavy atom. The number of aliphatic imine (C=N–C) groups is 1. The molecule has 116 valence electrons. The van der Waals surface area contributed by atoms with E-state index >= 15 is 0 Å². The van der Waals surface area contributed by atoms with Gasteiger partial charge in [0.05, 0.1) is 12.6 Å². The molecule has 5 heteroatoms. The van der Waals surface area contributed by atoms with Gasteiger partial charge in [-0.05, 0) is 39.8 Å². The Balaban J connectivity index is 2.30.